The van der Waals surface area contributed by atoms with Crippen LogP contribution in [0.2, 0.25) is 0 Å². The third kappa shape index (κ3) is 11.9. The van der Waals surface area contributed by atoms with Crippen molar-refractivity contribution in [3.05, 3.63) is 29.8 Å². The highest BCUT2D eigenvalue weighted by Crippen LogP contribution is 2.13. The fourth-order valence-corrected chi connectivity index (χ4v) is 1.93. The molecule has 0 saturated carbocycles. The molecular weight excluding hydrogens is 322 g/mol. The molecular formula is C19H33NO5. The van der Waals surface area contributed by atoms with Crippen LogP contribution in [-0.2, 0) is 20.8 Å². The Kier molecular flexibility index (Phi) is 11.4. The third-order valence-corrected chi connectivity index (χ3v) is 3.24. The normalized spacial score (nSPS) is 12.8. The van der Waals surface area contributed by atoms with E-state index in [9.17, 15) is 5.11 Å². The van der Waals surface area contributed by atoms with Crippen molar-refractivity contribution < 1.29 is 24.1 Å². The summed E-state index contributed by atoms with van der Waals surface area (Å²) >= 11 is 0. The molecule has 2 N–H and O–H groups in total. The molecule has 0 aliphatic carbocycles. The molecule has 25 heavy (non-hydrogen) atoms. The van der Waals surface area contributed by atoms with Crippen molar-refractivity contribution >= 4 is 0 Å². The number of benzene rings is 1. The van der Waals surface area contributed by atoms with Crippen LogP contribution in [-0.4, -0.2) is 56.5 Å². The topological polar surface area (TPSA) is 69.2 Å². The predicted molar refractivity (Wildman–Crippen MR) is 97.8 cm³/mol. The minimum atomic E-state index is -0.526. The van der Waals surface area contributed by atoms with Crippen LogP contribution >= 0.6 is 0 Å². The summed E-state index contributed by atoms with van der Waals surface area (Å²) in [5, 5.41) is 13.0. The Morgan fingerprint density at radius 3 is 2.36 bits per heavy atom. The second kappa shape index (κ2) is 13.1. The quantitative estimate of drug-likeness (QED) is 0.394. The monoisotopic (exact) mass is 355 g/mol. The molecule has 144 valence electrons. The highest BCUT2D eigenvalue weighted by molar-refractivity contribution is 5.26. The van der Waals surface area contributed by atoms with Crippen LogP contribution in [0.5, 0.6) is 5.75 Å². The van der Waals surface area contributed by atoms with Gasteiger partial charge < -0.3 is 29.4 Å². The van der Waals surface area contributed by atoms with Gasteiger partial charge in [-0.15, -0.1) is 0 Å². The smallest absolute Gasteiger partial charge is 0.147 e. The third-order valence-electron chi connectivity index (χ3n) is 3.24. The van der Waals surface area contributed by atoms with Crippen LogP contribution in [0.15, 0.2) is 24.3 Å². The summed E-state index contributed by atoms with van der Waals surface area (Å²) in [5.41, 5.74) is 1.04. The zero-order chi connectivity index (χ0) is 18.5. The molecule has 1 aromatic carbocycles. The number of aliphatic hydroxyl groups excluding tert-OH is 1. The molecule has 6 heteroatoms. The minimum absolute atomic E-state index is 0.220. The lowest BCUT2D eigenvalue weighted by atomic mass is 10.2. The van der Waals surface area contributed by atoms with Gasteiger partial charge in [0.1, 0.15) is 25.3 Å². The van der Waals surface area contributed by atoms with Crippen molar-refractivity contribution in [2.45, 2.75) is 52.6 Å². The zero-order valence-electron chi connectivity index (χ0n) is 15.9. The Morgan fingerprint density at radius 2 is 1.72 bits per heavy atom. The number of ether oxygens (including phenoxy) is 4. The Morgan fingerprint density at radius 1 is 1.00 bits per heavy atom. The van der Waals surface area contributed by atoms with Gasteiger partial charge in [-0.1, -0.05) is 26.0 Å². The van der Waals surface area contributed by atoms with E-state index >= 15 is 0 Å². The summed E-state index contributed by atoms with van der Waals surface area (Å²) in [6.45, 7) is 10.7. The number of hydrogen-bond donors (Lipinski definition) is 2. The molecule has 1 atom stereocenters. The Bertz CT molecular complexity index is 436. The summed E-state index contributed by atoms with van der Waals surface area (Å²) in [4.78, 5) is 0. The molecule has 0 heterocycles. The van der Waals surface area contributed by atoms with E-state index in [1.165, 1.54) is 0 Å². The number of aliphatic hydroxyl groups is 1. The first-order valence-corrected chi connectivity index (χ1v) is 8.87. The van der Waals surface area contributed by atoms with Crippen LogP contribution in [0.4, 0.5) is 0 Å². The lowest BCUT2D eigenvalue weighted by molar-refractivity contribution is -0.0806. The molecule has 0 saturated heterocycles. The van der Waals surface area contributed by atoms with Gasteiger partial charge in [0.25, 0.3) is 0 Å². The maximum atomic E-state index is 9.82. The van der Waals surface area contributed by atoms with Gasteiger partial charge in [0, 0.05) is 12.6 Å². The van der Waals surface area contributed by atoms with Crippen molar-refractivity contribution in [1.82, 2.24) is 5.32 Å². The molecule has 0 radical (unpaired) electrons. The molecule has 1 aromatic rings. The van der Waals surface area contributed by atoms with E-state index in [-0.39, 0.29) is 19.5 Å². The van der Waals surface area contributed by atoms with Gasteiger partial charge in [-0.05, 0) is 31.5 Å². The van der Waals surface area contributed by atoms with Crippen molar-refractivity contribution in [3.63, 3.8) is 0 Å². The van der Waals surface area contributed by atoms with Crippen molar-refractivity contribution in [2.75, 3.05) is 33.2 Å². The summed E-state index contributed by atoms with van der Waals surface area (Å²) in [5.74, 6) is 0.731. The first-order valence-electron chi connectivity index (χ1n) is 8.87. The molecule has 0 unspecified atom stereocenters. The summed E-state index contributed by atoms with van der Waals surface area (Å²) in [6.07, 6.45) is -0.305. The molecule has 0 aromatic heterocycles. The number of rotatable bonds is 14. The van der Waals surface area contributed by atoms with Crippen LogP contribution in [0.25, 0.3) is 0 Å². The van der Waals surface area contributed by atoms with E-state index in [1.54, 1.807) is 0 Å². The fraction of sp³-hybridized carbons (Fsp3) is 0.684. The van der Waals surface area contributed by atoms with Gasteiger partial charge in [-0.3, -0.25) is 0 Å². The van der Waals surface area contributed by atoms with Gasteiger partial charge in [-0.2, -0.15) is 0 Å². The Balaban J connectivity index is 2.12. The van der Waals surface area contributed by atoms with E-state index in [0.717, 1.165) is 11.3 Å². The molecule has 0 amide bonds. The molecule has 0 fully saturated rings. The van der Waals surface area contributed by atoms with Crippen LogP contribution in [0, 0.1) is 0 Å². The highest BCUT2D eigenvalue weighted by atomic mass is 16.7. The van der Waals surface area contributed by atoms with E-state index in [1.807, 2.05) is 52.0 Å². The van der Waals surface area contributed by atoms with Crippen LogP contribution in [0.3, 0.4) is 0 Å². The number of hydrogen-bond acceptors (Lipinski definition) is 6. The van der Waals surface area contributed by atoms with E-state index in [4.69, 9.17) is 18.9 Å². The van der Waals surface area contributed by atoms with Gasteiger partial charge >= 0.3 is 0 Å². The summed E-state index contributed by atoms with van der Waals surface area (Å²) in [6, 6.07) is 7.98. The van der Waals surface area contributed by atoms with E-state index in [0.29, 0.717) is 32.4 Å². The van der Waals surface area contributed by atoms with Crippen LogP contribution in [0.1, 0.15) is 33.3 Å². The lowest BCUT2D eigenvalue weighted by Gasteiger charge is -2.15. The van der Waals surface area contributed by atoms with Gasteiger partial charge in [-0.25, -0.2) is 0 Å². The molecule has 0 bridgehead atoms. The SMILES string of the molecule is CC(C)NC[C@@H](O)COc1ccc(COCOCCOC(C)C)cc1. The average molecular weight is 355 g/mol. The maximum absolute atomic E-state index is 9.82. The second-order valence-corrected chi connectivity index (χ2v) is 6.47. The van der Waals surface area contributed by atoms with Gasteiger partial charge in [0.05, 0.1) is 25.9 Å². The minimum Gasteiger partial charge on any atom is -0.491 e. The van der Waals surface area contributed by atoms with Crippen LogP contribution < -0.4 is 10.1 Å². The Hall–Kier alpha value is -1.18. The van der Waals surface area contributed by atoms with Crippen molar-refractivity contribution in [2.24, 2.45) is 0 Å². The molecule has 0 aliphatic heterocycles. The average Bonchev–Trinajstić information content (AvgIpc) is 2.58. The highest BCUT2D eigenvalue weighted by Gasteiger charge is 2.06. The lowest BCUT2D eigenvalue weighted by Crippen LogP contribution is -2.35. The van der Waals surface area contributed by atoms with E-state index in [2.05, 4.69) is 5.32 Å². The zero-order valence-corrected chi connectivity index (χ0v) is 15.9. The standard InChI is InChI=1S/C19H33NO5/c1-15(2)20-11-18(21)13-25-19-7-5-17(6-8-19)12-23-14-22-9-10-24-16(3)4/h5-8,15-16,18,20-21H,9-14H2,1-4H3/t18-/m1/s1. The maximum Gasteiger partial charge on any atom is 0.147 e. The van der Waals surface area contributed by atoms with E-state index < -0.39 is 6.10 Å². The largest absolute Gasteiger partial charge is 0.491 e. The van der Waals surface area contributed by atoms with Gasteiger partial charge in [0.2, 0.25) is 0 Å². The second-order valence-electron chi connectivity index (χ2n) is 6.47. The number of nitrogens with one attached hydrogen (secondary N) is 1. The molecule has 0 spiro atoms. The fourth-order valence-electron chi connectivity index (χ4n) is 1.93. The Labute approximate surface area is 151 Å². The molecule has 1 rings (SSSR count). The summed E-state index contributed by atoms with van der Waals surface area (Å²) < 4.78 is 21.7. The molecule has 6 nitrogen and oxygen atoms in total. The van der Waals surface area contributed by atoms with Gasteiger partial charge in [0.15, 0.2) is 0 Å². The van der Waals surface area contributed by atoms with Crippen molar-refractivity contribution in [3.8, 4) is 5.75 Å². The van der Waals surface area contributed by atoms with Crippen molar-refractivity contribution in [1.29, 1.82) is 0 Å². The first kappa shape index (κ1) is 21.9. The molecule has 0 aliphatic rings. The predicted octanol–water partition coefficient (Wildman–Crippen LogP) is 2.34. The summed E-state index contributed by atoms with van der Waals surface area (Å²) in [7, 11) is 0. The first-order chi connectivity index (χ1) is 12.0.